The number of hydrogen-bond acceptors (Lipinski definition) is 4. The van der Waals surface area contributed by atoms with Crippen LogP contribution >= 0.6 is 11.6 Å². The Morgan fingerprint density at radius 2 is 2.00 bits per heavy atom. The van der Waals surface area contributed by atoms with Gasteiger partial charge in [0.25, 0.3) is 0 Å². The number of hydrogen-bond donors (Lipinski definition) is 2. The predicted molar refractivity (Wildman–Crippen MR) is 89.6 cm³/mol. The summed E-state index contributed by atoms with van der Waals surface area (Å²) in [6.07, 6.45) is 1.28. The van der Waals surface area contributed by atoms with Crippen LogP contribution in [-0.4, -0.2) is 27.2 Å². The van der Waals surface area contributed by atoms with Crippen molar-refractivity contribution in [1.82, 2.24) is 4.72 Å². The van der Waals surface area contributed by atoms with Gasteiger partial charge in [-0.05, 0) is 48.7 Å². The van der Waals surface area contributed by atoms with Gasteiger partial charge in [0, 0.05) is 6.54 Å². The maximum Gasteiger partial charge on any atom is 0.240 e. The second-order valence-electron chi connectivity index (χ2n) is 4.97. The zero-order chi connectivity index (χ0) is 16.9. The predicted octanol–water partition coefficient (Wildman–Crippen LogP) is 2.97. The Balaban J connectivity index is 1.92. The van der Waals surface area contributed by atoms with Crippen molar-refractivity contribution in [3.05, 3.63) is 53.1 Å². The molecule has 0 unspecified atom stereocenters. The van der Waals surface area contributed by atoms with E-state index in [9.17, 15) is 13.5 Å². The molecule has 0 radical (unpaired) electrons. The van der Waals surface area contributed by atoms with E-state index in [-0.39, 0.29) is 15.7 Å². The molecular weight excluding hydrogens is 338 g/mol. The Hall–Kier alpha value is -1.76. The lowest BCUT2D eigenvalue weighted by Gasteiger charge is -2.09. The Bertz CT molecular complexity index is 777. The molecule has 0 heterocycles. The lowest BCUT2D eigenvalue weighted by Crippen LogP contribution is -2.25. The van der Waals surface area contributed by atoms with Crippen LogP contribution in [0, 0.1) is 0 Å². The Morgan fingerprint density at radius 3 is 2.65 bits per heavy atom. The van der Waals surface area contributed by atoms with Crippen LogP contribution in [0.2, 0.25) is 5.02 Å². The van der Waals surface area contributed by atoms with Gasteiger partial charge in [-0.3, -0.25) is 0 Å². The third kappa shape index (κ3) is 4.86. The number of nitrogens with one attached hydrogen (secondary N) is 1. The lowest BCUT2D eigenvalue weighted by atomic mass is 10.1. The SMILES string of the molecule is COc1ccc(S(=O)(=O)NCCCc2cccc(O)c2)cc1Cl. The highest BCUT2D eigenvalue weighted by atomic mass is 35.5. The first-order valence-electron chi connectivity index (χ1n) is 7.03. The van der Waals surface area contributed by atoms with Gasteiger partial charge in [-0.1, -0.05) is 23.7 Å². The van der Waals surface area contributed by atoms with E-state index in [1.165, 1.54) is 25.3 Å². The third-order valence-corrected chi connectivity index (χ3v) is 5.03. The molecule has 2 N–H and O–H groups in total. The smallest absolute Gasteiger partial charge is 0.240 e. The van der Waals surface area contributed by atoms with Crippen LogP contribution < -0.4 is 9.46 Å². The molecule has 7 heteroatoms. The summed E-state index contributed by atoms with van der Waals surface area (Å²) in [6, 6.07) is 11.2. The van der Waals surface area contributed by atoms with Crippen LogP contribution in [-0.2, 0) is 16.4 Å². The van der Waals surface area contributed by atoms with Gasteiger partial charge in [-0.25, -0.2) is 13.1 Å². The number of aromatic hydroxyl groups is 1. The monoisotopic (exact) mass is 355 g/mol. The summed E-state index contributed by atoms with van der Waals surface area (Å²) in [5.41, 5.74) is 0.955. The minimum Gasteiger partial charge on any atom is -0.508 e. The van der Waals surface area contributed by atoms with Crippen molar-refractivity contribution in [2.75, 3.05) is 13.7 Å². The minimum absolute atomic E-state index is 0.0978. The number of phenolic OH excluding ortho intramolecular Hbond substituents is 1. The molecule has 0 atom stereocenters. The molecule has 0 amide bonds. The fourth-order valence-electron chi connectivity index (χ4n) is 2.11. The summed E-state index contributed by atoms with van der Waals surface area (Å²) in [5.74, 6) is 0.630. The summed E-state index contributed by atoms with van der Waals surface area (Å²) < 4.78 is 31.9. The van der Waals surface area contributed by atoms with Crippen molar-refractivity contribution in [2.45, 2.75) is 17.7 Å². The number of rotatable bonds is 7. The number of benzene rings is 2. The van der Waals surface area contributed by atoms with E-state index in [0.717, 1.165) is 5.56 Å². The maximum absolute atomic E-state index is 12.2. The Morgan fingerprint density at radius 1 is 1.22 bits per heavy atom. The van der Waals surface area contributed by atoms with E-state index >= 15 is 0 Å². The van der Waals surface area contributed by atoms with Crippen LogP contribution in [0.4, 0.5) is 0 Å². The average Bonchev–Trinajstić information content (AvgIpc) is 2.51. The molecular formula is C16H18ClNO4S. The largest absolute Gasteiger partial charge is 0.508 e. The van der Waals surface area contributed by atoms with Gasteiger partial charge in [-0.15, -0.1) is 0 Å². The van der Waals surface area contributed by atoms with Crippen molar-refractivity contribution in [2.24, 2.45) is 0 Å². The van der Waals surface area contributed by atoms with Gasteiger partial charge >= 0.3 is 0 Å². The van der Waals surface area contributed by atoms with E-state index < -0.39 is 10.0 Å². The molecule has 2 rings (SSSR count). The molecule has 0 aromatic heterocycles. The quantitative estimate of drug-likeness (QED) is 0.749. The summed E-state index contributed by atoms with van der Waals surface area (Å²) >= 11 is 5.95. The van der Waals surface area contributed by atoms with Crippen LogP contribution in [0.1, 0.15) is 12.0 Å². The fraction of sp³-hybridized carbons (Fsp3) is 0.250. The zero-order valence-electron chi connectivity index (χ0n) is 12.6. The third-order valence-electron chi connectivity index (χ3n) is 3.28. The maximum atomic E-state index is 12.2. The number of halogens is 1. The lowest BCUT2D eigenvalue weighted by molar-refractivity contribution is 0.414. The summed E-state index contributed by atoms with van der Waals surface area (Å²) in [7, 11) is -2.14. The molecule has 0 saturated heterocycles. The van der Waals surface area contributed by atoms with Crippen LogP contribution in [0.15, 0.2) is 47.4 Å². The van der Waals surface area contributed by atoms with Gasteiger partial charge < -0.3 is 9.84 Å². The van der Waals surface area contributed by atoms with Crippen molar-refractivity contribution in [3.8, 4) is 11.5 Å². The van der Waals surface area contributed by atoms with Crippen LogP contribution in [0.25, 0.3) is 0 Å². The van der Waals surface area contributed by atoms with Crippen molar-refractivity contribution >= 4 is 21.6 Å². The molecule has 2 aromatic rings. The van der Waals surface area contributed by atoms with Crippen molar-refractivity contribution in [1.29, 1.82) is 0 Å². The molecule has 0 fully saturated rings. The van der Waals surface area contributed by atoms with Gasteiger partial charge in [0.2, 0.25) is 10.0 Å². The first kappa shape index (κ1) is 17.6. The van der Waals surface area contributed by atoms with Crippen LogP contribution in [0.5, 0.6) is 11.5 Å². The van der Waals surface area contributed by atoms with E-state index in [4.69, 9.17) is 16.3 Å². The summed E-state index contributed by atoms with van der Waals surface area (Å²) in [6.45, 7) is 0.293. The molecule has 0 aliphatic heterocycles. The molecule has 0 bridgehead atoms. The summed E-state index contributed by atoms with van der Waals surface area (Å²) in [4.78, 5) is 0.0978. The molecule has 0 saturated carbocycles. The highest BCUT2D eigenvalue weighted by molar-refractivity contribution is 7.89. The van der Waals surface area contributed by atoms with E-state index in [1.807, 2.05) is 6.07 Å². The highest BCUT2D eigenvalue weighted by Crippen LogP contribution is 2.26. The second kappa shape index (κ2) is 7.68. The molecule has 0 spiro atoms. The number of phenols is 1. The van der Waals surface area contributed by atoms with Crippen molar-refractivity contribution in [3.63, 3.8) is 0 Å². The molecule has 5 nitrogen and oxygen atoms in total. The number of sulfonamides is 1. The standard InChI is InChI=1S/C16H18ClNO4S/c1-22-16-8-7-14(11-15(16)17)23(20,21)18-9-3-5-12-4-2-6-13(19)10-12/h2,4,6-8,10-11,18-19H,3,5,9H2,1H3. The first-order chi connectivity index (χ1) is 10.9. The van der Waals surface area contributed by atoms with Gasteiger partial charge in [0.15, 0.2) is 0 Å². The van der Waals surface area contributed by atoms with E-state index in [1.54, 1.807) is 18.2 Å². The van der Waals surface area contributed by atoms with Crippen LogP contribution in [0.3, 0.4) is 0 Å². The Kier molecular flexibility index (Phi) is 5.87. The molecule has 124 valence electrons. The topological polar surface area (TPSA) is 75.6 Å². The van der Waals surface area contributed by atoms with Gasteiger partial charge in [-0.2, -0.15) is 0 Å². The normalized spacial score (nSPS) is 11.4. The first-order valence-corrected chi connectivity index (χ1v) is 8.89. The minimum atomic E-state index is -3.61. The van der Waals surface area contributed by atoms with Gasteiger partial charge in [0.1, 0.15) is 11.5 Å². The fourth-order valence-corrected chi connectivity index (χ4v) is 3.53. The Labute approximate surface area is 140 Å². The van der Waals surface area contributed by atoms with E-state index in [0.29, 0.717) is 25.1 Å². The number of methoxy groups -OCH3 is 1. The van der Waals surface area contributed by atoms with E-state index in [2.05, 4.69) is 4.72 Å². The zero-order valence-corrected chi connectivity index (χ0v) is 14.2. The summed E-state index contributed by atoms with van der Waals surface area (Å²) in [5, 5.41) is 9.63. The second-order valence-corrected chi connectivity index (χ2v) is 7.14. The molecule has 2 aromatic carbocycles. The molecule has 0 aliphatic carbocycles. The molecule has 0 aliphatic rings. The highest BCUT2D eigenvalue weighted by Gasteiger charge is 2.15. The van der Waals surface area contributed by atoms with Gasteiger partial charge in [0.05, 0.1) is 17.0 Å². The number of ether oxygens (including phenoxy) is 1. The number of aryl methyl sites for hydroxylation is 1. The molecule has 23 heavy (non-hydrogen) atoms. The average molecular weight is 356 g/mol. The van der Waals surface area contributed by atoms with Crippen molar-refractivity contribution < 1.29 is 18.3 Å².